The highest BCUT2D eigenvalue weighted by molar-refractivity contribution is 5.81. The molecule has 0 spiro atoms. The van der Waals surface area contributed by atoms with Crippen molar-refractivity contribution in [1.82, 2.24) is 5.32 Å². The molecule has 4 nitrogen and oxygen atoms in total. The minimum Gasteiger partial charge on any atom is -0.394 e. The van der Waals surface area contributed by atoms with Crippen LogP contribution in [0.15, 0.2) is 0 Å². The third kappa shape index (κ3) is 2.97. The van der Waals surface area contributed by atoms with Crippen LogP contribution in [-0.4, -0.2) is 36.4 Å². The summed E-state index contributed by atoms with van der Waals surface area (Å²) in [6.45, 7) is 2.60. The highest BCUT2D eigenvalue weighted by atomic mass is 16.5. The predicted octanol–water partition coefficient (Wildman–Crippen LogP) is 0.0525. The van der Waals surface area contributed by atoms with Gasteiger partial charge in [0.05, 0.1) is 12.6 Å². The molecule has 13 heavy (non-hydrogen) atoms. The van der Waals surface area contributed by atoms with Crippen molar-refractivity contribution in [3.05, 3.63) is 0 Å². The Morgan fingerprint density at radius 3 is 3.00 bits per heavy atom. The molecule has 1 heterocycles. The fraction of sp³-hybridized carbons (Fsp3) is 0.889. The van der Waals surface area contributed by atoms with Gasteiger partial charge in [-0.2, -0.15) is 0 Å². The molecular weight excluding hydrogens is 170 g/mol. The quantitative estimate of drug-likeness (QED) is 0.654. The largest absolute Gasteiger partial charge is 0.394 e. The predicted molar refractivity (Wildman–Crippen MR) is 48.3 cm³/mol. The molecule has 76 valence electrons. The van der Waals surface area contributed by atoms with Crippen molar-refractivity contribution in [2.24, 2.45) is 0 Å². The van der Waals surface area contributed by atoms with Crippen LogP contribution in [0.5, 0.6) is 0 Å². The Bertz CT molecular complexity index is 162. The van der Waals surface area contributed by atoms with Crippen molar-refractivity contribution < 1.29 is 14.6 Å². The standard InChI is InChI=1S/C9H17NO3/c1-2-7(6-11)10-9(12)8-4-3-5-13-8/h7-8,11H,2-6H2,1H3,(H,10,12)/t7-,8+/m0/s1. The van der Waals surface area contributed by atoms with Crippen LogP contribution in [0, 0.1) is 0 Å². The zero-order valence-electron chi connectivity index (χ0n) is 7.95. The number of carbonyl (C=O) groups excluding carboxylic acids is 1. The molecule has 0 unspecified atom stereocenters. The van der Waals surface area contributed by atoms with Gasteiger partial charge in [0.25, 0.3) is 0 Å². The van der Waals surface area contributed by atoms with E-state index in [-0.39, 0.29) is 24.7 Å². The number of hydrogen-bond donors (Lipinski definition) is 2. The van der Waals surface area contributed by atoms with E-state index >= 15 is 0 Å². The molecule has 0 aromatic carbocycles. The Kier molecular flexibility index (Phi) is 4.18. The van der Waals surface area contributed by atoms with Gasteiger partial charge in [0.15, 0.2) is 0 Å². The lowest BCUT2D eigenvalue weighted by molar-refractivity contribution is -0.131. The number of ether oxygens (including phenoxy) is 1. The van der Waals surface area contributed by atoms with Crippen LogP contribution < -0.4 is 5.32 Å². The van der Waals surface area contributed by atoms with E-state index in [1.54, 1.807) is 0 Å². The lowest BCUT2D eigenvalue weighted by Crippen LogP contribution is -2.42. The second-order valence-electron chi connectivity index (χ2n) is 3.30. The maximum atomic E-state index is 11.4. The molecule has 1 amide bonds. The minimum absolute atomic E-state index is 0.00500. The first kappa shape index (κ1) is 10.5. The summed E-state index contributed by atoms with van der Waals surface area (Å²) in [5.41, 5.74) is 0. The van der Waals surface area contributed by atoms with Gasteiger partial charge < -0.3 is 15.2 Å². The molecule has 1 fully saturated rings. The maximum absolute atomic E-state index is 11.4. The number of rotatable bonds is 4. The molecule has 2 atom stereocenters. The summed E-state index contributed by atoms with van der Waals surface area (Å²) in [6.07, 6.45) is 2.21. The SMILES string of the molecule is CC[C@@H](CO)NC(=O)[C@H]1CCCO1. The summed E-state index contributed by atoms with van der Waals surface area (Å²) >= 11 is 0. The lowest BCUT2D eigenvalue weighted by Gasteiger charge is -2.16. The smallest absolute Gasteiger partial charge is 0.249 e. The fourth-order valence-electron chi connectivity index (χ4n) is 1.36. The van der Waals surface area contributed by atoms with Crippen LogP contribution in [0.4, 0.5) is 0 Å². The summed E-state index contributed by atoms with van der Waals surface area (Å²) in [7, 11) is 0. The molecule has 2 N–H and O–H groups in total. The number of aliphatic hydroxyl groups is 1. The maximum Gasteiger partial charge on any atom is 0.249 e. The first-order valence-electron chi connectivity index (χ1n) is 4.80. The van der Waals surface area contributed by atoms with Crippen LogP contribution in [0.25, 0.3) is 0 Å². The number of carbonyl (C=O) groups is 1. The Labute approximate surface area is 78.3 Å². The number of hydrogen-bond acceptors (Lipinski definition) is 3. The van der Waals surface area contributed by atoms with E-state index in [1.807, 2.05) is 6.92 Å². The number of amides is 1. The molecule has 1 aliphatic rings. The second-order valence-corrected chi connectivity index (χ2v) is 3.30. The van der Waals surface area contributed by atoms with Crippen LogP contribution in [-0.2, 0) is 9.53 Å². The Hall–Kier alpha value is -0.610. The van der Waals surface area contributed by atoms with E-state index in [0.29, 0.717) is 6.61 Å². The van der Waals surface area contributed by atoms with E-state index in [9.17, 15) is 4.79 Å². The molecule has 1 saturated heterocycles. The minimum atomic E-state index is -0.291. The van der Waals surface area contributed by atoms with Gasteiger partial charge in [0, 0.05) is 6.61 Å². The van der Waals surface area contributed by atoms with Crippen molar-refractivity contribution in [3.8, 4) is 0 Å². The van der Waals surface area contributed by atoms with Crippen LogP contribution in [0.3, 0.4) is 0 Å². The summed E-state index contributed by atoms with van der Waals surface area (Å²) < 4.78 is 5.21. The number of nitrogens with one attached hydrogen (secondary N) is 1. The van der Waals surface area contributed by atoms with E-state index in [0.717, 1.165) is 19.3 Å². The summed E-state index contributed by atoms with van der Waals surface area (Å²) in [6, 6.07) is -0.128. The molecule has 0 aromatic heterocycles. The van der Waals surface area contributed by atoms with Crippen LogP contribution in [0.2, 0.25) is 0 Å². The molecule has 1 rings (SSSR count). The van der Waals surface area contributed by atoms with Gasteiger partial charge in [-0.05, 0) is 19.3 Å². The molecule has 0 bridgehead atoms. The van der Waals surface area contributed by atoms with Gasteiger partial charge in [-0.1, -0.05) is 6.92 Å². The van der Waals surface area contributed by atoms with E-state index in [2.05, 4.69) is 5.32 Å². The average molecular weight is 187 g/mol. The van der Waals surface area contributed by atoms with Gasteiger partial charge in [0.2, 0.25) is 5.91 Å². The average Bonchev–Trinajstić information content (AvgIpc) is 2.66. The molecule has 4 heteroatoms. The normalized spacial score (nSPS) is 24.3. The topological polar surface area (TPSA) is 58.6 Å². The van der Waals surface area contributed by atoms with Crippen molar-refractivity contribution in [1.29, 1.82) is 0 Å². The van der Waals surface area contributed by atoms with Crippen LogP contribution >= 0.6 is 0 Å². The molecule has 1 aliphatic heterocycles. The molecular formula is C9H17NO3. The van der Waals surface area contributed by atoms with Gasteiger partial charge in [-0.3, -0.25) is 4.79 Å². The third-order valence-corrected chi connectivity index (χ3v) is 2.28. The van der Waals surface area contributed by atoms with Gasteiger partial charge >= 0.3 is 0 Å². The highest BCUT2D eigenvalue weighted by Gasteiger charge is 2.24. The van der Waals surface area contributed by atoms with Gasteiger partial charge in [-0.15, -0.1) is 0 Å². The second kappa shape index (κ2) is 5.19. The third-order valence-electron chi connectivity index (χ3n) is 2.28. The molecule has 0 aliphatic carbocycles. The summed E-state index contributed by atoms with van der Waals surface area (Å²) in [5.74, 6) is -0.0848. The first-order chi connectivity index (χ1) is 6.27. The molecule has 0 aromatic rings. The molecule has 0 radical (unpaired) electrons. The van der Waals surface area contributed by atoms with E-state index < -0.39 is 0 Å². The zero-order chi connectivity index (χ0) is 9.68. The van der Waals surface area contributed by atoms with Gasteiger partial charge in [0.1, 0.15) is 6.10 Å². The van der Waals surface area contributed by atoms with Gasteiger partial charge in [-0.25, -0.2) is 0 Å². The highest BCUT2D eigenvalue weighted by Crippen LogP contribution is 2.12. The monoisotopic (exact) mass is 187 g/mol. The Morgan fingerprint density at radius 1 is 1.77 bits per heavy atom. The number of aliphatic hydroxyl groups excluding tert-OH is 1. The first-order valence-corrected chi connectivity index (χ1v) is 4.80. The van der Waals surface area contributed by atoms with Crippen molar-refractivity contribution in [2.75, 3.05) is 13.2 Å². The molecule has 0 saturated carbocycles. The summed E-state index contributed by atoms with van der Waals surface area (Å²) in [4.78, 5) is 11.4. The van der Waals surface area contributed by atoms with Crippen molar-refractivity contribution >= 4 is 5.91 Å². The Morgan fingerprint density at radius 2 is 2.54 bits per heavy atom. The van der Waals surface area contributed by atoms with Crippen molar-refractivity contribution in [3.63, 3.8) is 0 Å². The zero-order valence-corrected chi connectivity index (χ0v) is 7.95. The Balaban J connectivity index is 2.30. The summed E-state index contributed by atoms with van der Waals surface area (Å²) in [5, 5.41) is 11.6. The van der Waals surface area contributed by atoms with E-state index in [1.165, 1.54) is 0 Å². The lowest BCUT2D eigenvalue weighted by atomic mass is 10.2. The van der Waals surface area contributed by atoms with E-state index in [4.69, 9.17) is 9.84 Å². The van der Waals surface area contributed by atoms with Crippen LogP contribution in [0.1, 0.15) is 26.2 Å². The fourth-order valence-corrected chi connectivity index (χ4v) is 1.36. The van der Waals surface area contributed by atoms with Crippen molar-refractivity contribution in [2.45, 2.75) is 38.3 Å².